The number of thiazole rings is 1. The van der Waals surface area contributed by atoms with Crippen molar-refractivity contribution in [2.75, 3.05) is 6.61 Å². The molecule has 4 rings (SSSR count). The van der Waals surface area contributed by atoms with Crippen LogP contribution in [-0.2, 0) is 9.53 Å². The van der Waals surface area contributed by atoms with Crippen LogP contribution in [-0.4, -0.2) is 23.3 Å². The van der Waals surface area contributed by atoms with Crippen molar-refractivity contribution < 1.29 is 13.9 Å². The summed E-state index contributed by atoms with van der Waals surface area (Å²) in [6.45, 7) is 5.50. The number of fused-ring (bicyclic) bond motifs is 1. The molecule has 2 heterocycles. The standard InChI is InChI=1S/C24H20FN3O2S/c1-4-30-24(29)20-14(3)27-13(2)17(12-26)21(20)16-9-7-11-19-22(16)28-23(31-19)15-8-5-6-10-18(15)25/h5-11,17,21H,4H2,1-3H3. The van der Waals surface area contributed by atoms with Crippen LogP contribution in [0.15, 0.2) is 58.7 Å². The van der Waals surface area contributed by atoms with Gasteiger partial charge in [-0.25, -0.2) is 14.2 Å². The second kappa shape index (κ2) is 8.40. The second-order valence-electron chi connectivity index (χ2n) is 7.25. The molecular weight excluding hydrogens is 413 g/mol. The molecule has 156 valence electrons. The zero-order chi connectivity index (χ0) is 22.1. The quantitative estimate of drug-likeness (QED) is 0.499. The molecule has 0 N–H and O–H groups in total. The van der Waals surface area contributed by atoms with Crippen LogP contribution in [0.3, 0.4) is 0 Å². The molecule has 1 aliphatic heterocycles. The first-order valence-electron chi connectivity index (χ1n) is 9.93. The SMILES string of the molecule is CCOC(=O)C1=C(C)N=C(C)C(C#N)C1c1cccc2sc(-c3ccccc3F)nc12. The molecule has 0 amide bonds. The summed E-state index contributed by atoms with van der Waals surface area (Å²) < 4.78 is 20.5. The third kappa shape index (κ3) is 3.64. The van der Waals surface area contributed by atoms with Crippen molar-refractivity contribution in [2.24, 2.45) is 10.9 Å². The Morgan fingerprint density at radius 2 is 2.00 bits per heavy atom. The molecule has 7 heteroatoms. The predicted molar refractivity (Wildman–Crippen MR) is 119 cm³/mol. The van der Waals surface area contributed by atoms with Crippen molar-refractivity contribution in [1.29, 1.82) is 5.26 Å². The zero-order valence-corrected chi connectivity index (χ0v) is 18.2. The van der Waals surface area contributed by atoms with Crippen LogP contribution in [0.2, 0.25) is 0 Å². The highest BCUT2D eigenvalue weighted by Gasteiger charge is 2.39. The number of aliphatic imine (C=N–C) groups is 1. The largest absolute Gasteiger partial charge is 0.463 e. The number of ether oxygens (including phenoxy) is 1. The van der Waals surface area contributed by atoms with Gasteiger partial charge in [0.2, 0.25) is 0 Å². The second-order valence-corrected chi connectivity index (χ2v) is 8.28. The van der Waals surface area contributed by atoms with Crippen LogP contribution in [0.4, 0.5) is 4.39 Å². The molecule has 5 nitrogen and oxygen atoms in total. The Morgan fingerprint density at radius 3 is 2.71 bits per heavy atom. The maximum Gasteiger partial charge on any atom is 0.336 e. The number of hydrogen-bond acceptors (Lipinski definition) is 6. The van der Waals surface area contributed by atoms with E-state index in [1.165, 1.54) is 17.4 Å². The van der Waals surface area contributed by atoms with E-state index in [0.29, 0.717) is 33.1 Å². The van der Waals surface area contributed by atoms with Crippen LogP contribution in [0.25, 0.3) is 20.8 Å². The Labute approximate surface area is 183 Å². The summed E-state index contributed by atoms with van der Waals surface area (Å²) in [5.41, 5.74) is 3.35. The van der Waals surface area contributed by atoms with Gasteiger partial charge in [0, 0.05) is 22.9 Å². The van der Waals surface area contributed by atoms with Gasteiger partial charge < -0.3 is 4.74 Å². The Balaban J connectivity index is 1.93. The first-order valence-corrected chi connectivity index (χ1v) is 10.7. The summed E-state index contributed by atoms with van der Waals surface area (Å²) in [4.78, 5) is 22.0. The monoisotopic (exact) mass is 433 g/mol. The molecule has 31 heavy (non-hydrogen) atoms. The van der Waals surface area contributed by atoms with Crippen LogP contribution >= 0.6 is 11.3 Å². The average molecular weight is 434 g/mol. The molecule has 0 bridgehead atoms. The molecule has 2 unspecified atom stereocenters. The van der Waals surface area contributed by atoms with Crippen molar-refractivity contribution in [3.05, 3.63) is 65.1 Å². The molecule has 0 fully saturated rings. The number of halogens is 1. The van der Waals surface area contributed by atoms with Gasteiger partial charge in [0.25, 0.3) is 0 Å². The minimum atomic E-state index is -0.632. The highest BCUT2D eigenvalue weighted by Crippen LogP contribution is 2.43. The Bertz CT molecular complexity index is 1290. The Hall–Kier alpha value is -3.37. The number of rotatable bonds is 4. The number of allylic oxidation sites excluding steroid dienone is 1. The van der Waals surface area contributed by atoms with E-state index in [-0.39, 0.29) is 12.4 Å². The number of hydrogen-bond donors (Lipinski definition) is 0. The third-order valence-corrected chi connectivity index (χ3v) is 6.41. The van der Waals surface area contributed by atoms with Crippen molar-refractivity contribution in [3.8, 4) is 16.6 Å². The third-order valence-electron chi connectivity index (χ3n) is 5.35. The summed E-state index contributed by atoms with van der Waals surface area (Å²) in [6, 6.07) is 14.5. The highest BCUT2D eigenvalue weighted by atomic mass is 32.1. The van der Waals surface area contributed by atoms with E-state index in [1.54, 1.807) is 39.0 Å². The molecule has 2 atom stereocenters. The summed E-state index contributed by atoms with van der Waals surface area (Å²) in [6.07, 6.45) is 0. The Morgan fingerprint density at radius 1 is 1.23 bits per heavy atom. The fraction of sp³-hybridized carbons (Fsp3) is 0.250. The number of benzene rings is 2. The van der Waals surface area contributed by atoms with Gasteiger partial charge in [-0.3, -0.25) is 4.99 Å². The summed E-state index contributed by atoms with van der Waals surface area (Å²) in [5, 5.41) is 10.5. The van der Waals surface area contributed by atoms with Crippen molar-refractivity contribution in [3.63, 3.8) is 0 Å². The maximum absolute atomic E-state index is 14.4. The zero-order valence-electron chi connectivity index (χ0n) is 17.3. The molecule has 1 aromatic heterocycles. The smallest absolute Gasteiger partial charge is 0.336 e. The number of carbonyl (C=O) groups excluding carboxylic acids is 1. The van der Waals surface area contributed by atoms with Crippen molar-refractivity contribution in [2.45, 2.75) is 26.7 Å². The van der Waals surface area contributed by atoms with E-state index in [4.69, 9.17) is 9.72 Å². The van der Waals surface area contributed by atoms with Gasteiger partial charge >= 0.3 is 5.97 Å². The first kappa shape index (κ1) is 20.9. The van der Waals surface area contributed by atoms with E-state index in [2.05, 4.69) is 11.1 Å². The lowest BCUT2D eigenvalue weighted by Crippen LogP contribution is -2.29. The molecule has 3 aromatic rings. The van der Waals surface area contributed by atoms with Crippen molar-refractivity contribution >= 4 is 33.2 Å². The van der Waals surface area contributed by atoms with Crippen LogP contribution in [0.5, 0.6) is 0 Å². The lowest BCUT2D eigenvalue weighted by Gasteiger charge is -2.29. The Kier molecular flexibility index (Phi) is 5.66. The average Bonchev–Trinajstić information content (AvgIpc) is 3.18. The molecular formula is C24H20FN3O2S. The van der Waals surface area contributed by atoms with Gasteiger partial charge in [-0.2, -0.15) is 5.26 Å². The molecule has 0 aliphatic carbocycles. The fourth-order valence-corrected chi connectivity index (χ4v) is 5.01. The minimum Gasteiger partial charge on any atom is -0.463 e. The van der Waals surface area contributed by atoms with Gasteiger partial charge in [0.1, 0.15) is 10.8 Å². The maximum atomic E-state index is 14.4. The number of para-hydroxylation sites is 1. The van der Waals surface area contributed by atoms with Gasteiger partial charge in [-0.15, -0.1) is 11.3 Å². The highest BCUT2D eigenvalue weighted by molar-refractivity contribution is 7.21. The van der Waals surface area contributed by atoms with E-state index in [0.717, 1.165) is 10.3 Å². The van der Waals surface area contributed by atoms with Gasteiger partial charge in [0.05, 0.1) is 34.4 Å². The normalized spacial score (nSPS) is 18.6. The van der Waals surface area contributed by atoms with Gasteiger partial charge in [-0.1, -0.05) is 24.3 Å². The van der Waals surface area contributed by atoms with Gasteiger partial charge in [0.15, 0.2) is 0 Å². The molecule has 1 aliphatic rings. The number of esters is 1. The number of carbonyl (C=O) groups is 1. The summed E-state index contributed by atoms with van der Waals surface area (Å²) in [7, 11) is 0. The molecule has 0 saturated heterocycles. The molecule has 0 saturated carbocycles. The number of nitriles is 1. The summed E-state index contributed by atoms with van der Waals surface area (Å²) >= 11 is 1.38. The minimum absolute atomic E-state index is 0.223. The van der Waals surface area contributed by atoms with E-state index >= 15 is 0 Å². The molecule has 0 spiro atoms. The number of aromatic nitrogens is 1. The van der Waals surface area contributed by atoms with E-state index < -0.39 is 17.8 Å². The lowest BCUT2D eigenvalue weighted by molar-refractivity contribution is -0.139. The fourth-order valence-electron chi connectivity index (χ4n) is 3.98. The number of nitrogens with zero attached hydrogens (tertiary/aromatic N) is 3. The van der Waals surface area contributed by atoms with Crippen molar-refractivity contribution in [1.82, 2.24) is 4.98 Å². The first-order chi connectivity index (χ1) is 15.0. The van der Waals surface area contributed by atoms with Crippen LogP contribution in [0.1, 0.15) is 32.3 Å². The van der Waals surface area contributed by atoms with E-state index in [9.17, 15) is 14.4 Å². The van der Waals surface area contributed by atoms with Crippen LogP contribution in [0, 0.1) is 23.1 Å². The topological polar surface area (TPSA) is 75.3 Å². The summed E-state index contributed by atoms with van der Waals surface area (Å²) in [5.74, 6) is -2.03. The molecule has 2 aromatic carbocycles. The van der Waals surface area contributed by atoms with Gasteiger partial charge in [-0.05, 0) is 44.5 Å². The lowest BCUT2D eigenvalue weighted by atomic mass is 9.76. The molecule has 0 radical (unpaired) electrons. The van der Waals surface area contributed by atoms with Crippen LogP contribution < -0.4 is 0 Å². The predicted octanol–water partition coefficient (Wildman–Crippen LogP) is 5.64. The van der Waals surface area contributed by atoms with E-state index in [1.807, 2.05) is 18.2 Å².